The van der Waals surface area contributed by atoms with E-state index >= 15 is 0 Å². The molecule has 9 nitrogen and oxygen atoms in total. The summed E-state index contributed by atoms with van der Waals surface area (Å²) in [5.41, 5.74) is 3.82. The zero-order valence-electron chi connectivity index (χ0n) is 26.3. The maximum Gasteiger partial charge on any atom is 0.256 e. The molecular formula is C36H42N6O3. The zero-order chi connectivity index (χ0) is 31.1. The Bertz CT molecular complexity index is 1590. The van der Waals surface area contributed by atoms with E-state index in [-0.39, 0.29) is 18.7 Å². The van der Waals surface area contributed by atoms with E-state index in [1.165, 1.54) is 0 Å². The third kappa shape index (κ3) is 6.99. The average molecular weight is 607 g/mol. The Morgan fingerprint density at radius 2 is 1.71 bits per heavy atom. The second-order valence-corrected chi connectivity index (χ2v) is 12.0. The summed E-state index contributed by atoms with van der Waals surface area (Å²) in [6, 6.07) is 26.6. The van der Waals surface area contributed by atoms with E-state index in [0.29, 0.717) is 25.4 Å². The van der Waals surface area contributed by atoms with Gasteiger partial charge in [0.2, 0.25) is 0 Å². The van der Waals surface area contributed by atoms with Crippen molar-refractivity contribution in [1.82, 2.24) is 25.1 Å². The first-order valence-electron chi connectivity index (χ1n) is 16.2. The predicted molar refractivity (Wildman–Crippen MR) is 173 cm³/mol. The molecule has 6 rings (SSSR count). The lowest BCUT2D eigenvalue weighted by molar-refractivity contribution is -0.131. The van der Waals surface area contributed by atoms with E-state index in [1.54, 1.807) is 4.68 Å². The van der Waals surface area contributed by atoms with E-state index in [0.717, 1.165) is 78.8 Å². The summed E-state index contributed by atoms with van der Waals surface area (Å²) in [4.78, 5) is 20.5. The molecule has 1 aliphatic heterocycles. The van der Waals surface area contributed by atoms with Crippen molar-refractivity contribution in [3.63, 3.8) is 0 Å². The monoisotopic (exact) mass is 606 g/mol. The molecule has 2 aliphatic rings. The van der Waals surface area contributed by atoms with Gasteiger partial charge in [0.1, 0.15) is 23.9 Å². The van der Waals surface area contributed by atoms with Crippen molar-refractivity contribution in [2.24, 2.45) is 4.99 Å². The van der Waals surface area contributed by atoms with Gasteiger partial charge in [0.25, 0.3) is 5.91 Å². The van der Waals surface area contributed by atoms with Crippen molar-refractivity contribution in [3.8, 4) is 16.9 Å². The number of carbonyl (C=O) groups is 1. The number of carbonyl (C=O) groups excluding carboxylic acids is 1. The number of hydrogen-bond acceptors (Lipinski definition) is 7. The molecular weight excluding hydrogens is 564 g/mol. The third-order valence-corrected chi connectivity index (χ3v) is 8.77. The number of amidine groups is 1. The van der Waals surface area contributed by atoms with Crippen LogP contribution in [0.25, 0.3) is 11.1 Å². The van der Waals surface area contributed by atoms with Crippen LogP contribution >= 0.6 is 0 Å². The van der Waals surface area contributed by atoms with Gasteiger partial charge in [-0.1, -0.05) is 99.8 Å². The minimum Gasteiger partial charge on any atom is -0.482 e. The molecule has 1 spiro atoms. The zero-order valence-corrected chi connectivity index (χ0v) is 26.3. The molecule has 1 unspecified atom stereocenters. The van der Waals surface area contributed by atoms with Crippen molar-refractivity contribution in [1.29, 1.82) is 0 Å². The van der Waals surface area contributed by atoms with Crippen LogP contribution in [0.4, 0.5) is 0 Å². The number of aliphatic imine (C=N–C) groups is 1. The second-order valence-electron chi connectivity index (χ2n) is 12.0. The number of benzene rings is 3. The highest BCUT2D eigenvalue weighted by Gasteiger charge is 2.49. The van der Waals surface area contributed by atoms with E-state index < -0.39 is 5.54 Å². The maximum atomic E-state index is 13.5. The number of rotatable bonds is 14. The van der Waals surface area contributed by atoms with Crippen molar-refractivity contribution < 1.29 is 14.3 Å². The summed E-state index contributed by atoms with van der Waals surface area (Å²) >= 11 is 0. The minimum absolute atomic E-state index is 0.194. The van der Waals surface area contributed by atoms with Gasteiger partial charge in [0, 0.05) is 6.42 Å². The van der Waals surface area contributed by atoms with Gasteiger partial charge in [-0.25, -0.2) is 0 Å². The lowest BCUT2D eigenvalue weighted by atomic mass is 9.98. The molecule has 1 saturated carbocycles. The third-order valence-electron chi connectivity index (χ3n) is 8.77. The van der Waals surface area contributed by atoms with Gasteiger partial charge >= 0.3 is 0 Å². The highest BCUT2D eigenvalue weighted by molar-refractivity contribution is 6.08. The Hall–Kier alpha value is -4.37. The Morgan fingerprint density at radius 1 is 0.911 bits per heavy atom. The van der Waals surface area contributed by atoms with Crippen molar-refractivity contribution in [2.45, 2.75) is 96.7 Å². The van der Waals surface area contributed by atoms with Crippen molar-refractivity contribution in [3.05, 3.63) is 95.8 Å². The fourth-order valence-corrected chi connectivity index (χ4v) is 6.27. The molecule has 0 bridgehead atoms. The predicted octanol–water partition coefficient (Wildman–Crippen LogP) is 7.29. The van der Waals surface area contributed by atoms with Crippen LogP contribution in [0.1, 0.15) is 88.3 Å². The molecule has 1 atom stereocenters. The number of ether oxygens (including phenoxy) is 2. The van der Waals surface area contributed by atoms with Crippen LogP contribution in [-0.4, -0.2) is 42.4 Å². The Labute approximate surface area is 265 Å². The number of amides is 1. The number of tetrazole rings is 1. The lowest BCUT2D eigenvalue weighted by Gasteiger charge is -2.23. The summed E-state index contributed by atoms with van der Waals surface area (Å²) in [5, 5.41) is 12.3. The largest absolute Gasteiger partial charge is 0.482 e. The summed E-state index contributed by atoms with van der Waals surface area (Å²) in [6.07, 6.45) is 7.29. The van der Waals surface area contributed by atoms with Crippen LogP contribution in [0, 0.1) is 0 Å². The van der Waals surface area contributed by atoms with E-state index in [9.17, 15) is 4.79 Å². The van der Waals surface area contributed by atoms with Gasteiger partial charge in [-0.15, -0.1) is 5.10 Å². The molecule has 0 radical (unpaired) electrons. The van der Waals surface area contributed by atoms with Gasteiger partial charge in [0.05, 0.1) is 13.2 Å². The SMILES string of the molecule is CCCCC1=NC2(CCCC2)C(=O)N1Cc1ccc(-c2cccc(OC(CC)c3nnnn3COCc3ccccc3)c2)cc1. The fraction of sp³-hybridized carbons (Fsp3) is 0.417. The van der Waals surface area contributed by atoms with Crippen LogP contribution in [0.5, 0.6) is 5.75 Å². The van der Waals surface area contributed by atoms with E-state index in [2.05, 4.69) is 59.7 Å². The highest BCUT2D eigenvalue weighted by Crippen LogP contribution is 2.40. The summed E-state index contributed by atoms with van der Waals surface area (Å²) in [5.74, 6) is 2.53. The first-order valence-corrected chi connectivity index (χ1v) is 16.2. The fourth-order valence-electron chi connectivity index (χ4n) is 6.27. The molecule has 45 heavy (non-hydrogen) atoms. The molecule has 4 aromatic rings. The van der Waals surface area contributed by atoms with E-state index in [4.69, 9.17) is 14.5 Å². The standard InChI is InChI=1S/C36H42N6O3/c1-3-5-16-33-37-36(21-9-10-22-36)35(43)41(33)24-27-17-19-29(20-18-27)30-14-11-15-31(23-30)45-32(4-2)34-38-39-40-42(34)26-44-25-28-12-7-6-8-13-28/h6-8,11-15,17-20,23,32H,3-5,9-10,16,21-22,24-26H2,1-2H3. The van der Waals surface area contributed by atoms with Crippen LogP contribution in [0.3, 0.4) is 0 Å². The molecule has 9 heteroatoms. The maximum absolute atomic E-state index is 13.5. The Kier molecular flexibility index (Phi) is 9.64. The van der Waals surface area contributed by atoms with Gasteiger partial charge in [0.15, 0.2) is 11.9 Å². The van der Waals surface area contributed by atoms with Gasteiger partial charge in [-0.05, 0) is 70.5 Å². The quantitative estimate of drug-likeness (QED) is 0.150. The molecule has 0 saturated heterocycles. The summed E-state index contributed by atoms with van der Waals surface area (Å²) in [6.45, 7) is 5.50. The Morgan fingerprint density at radius 3 is 2.47 bits per heavy atom. The van der Waals surface area contributed by atoms with Crippen LogP contribution < -0.4 is 4.74 Å². The first-order chi connectivity index (χ1) is 22.1. The van der Waals surface area contributed by atoms with Gasteiger partial charge < -0.3 is 9.47 Å². The lowest BCUT2D eigenvalue weighted by Crippen LogP contribution is -2.40. The smallest absolute Gasteiger partial charge is 0.256 e. The normalized spacial score (nSPS) is 16.4. The molecule has 1 aliphatic carbocycles. The van der Waals surface area contributed by atoms with Crippen LogP contribution in [0.15, 0.2) is 83.9 Å². The van der Waals surface area contributed by atoms with Crippen LogP contribution in [-0.2, 0) is 29.4 Å². The molecule has 234 valence electrons. The molecule has 2 heterocycles. The summed E-state index contributed by atoms with van der Waals surface area (Å²) in [7, 11) is 0. The number of unbranched alkanes of at least 4 members (excludes halogenated alkanes) is 1. The van der Waals surface area contributed by atoms with Crippen molar-refractivity contribution in [2.75, 3.05) is 0 Å². The molecule has 3 aromatic carbocycles. The molecule has 0 N–H and O–H groups in total. The number of hydrogen-bond donors (Lipinski definition) is 0. The van der Waals surface area contributed by atoms with Gasteiger partial charge in [-0.3, -0.25) is 14.7 Å². The van der Waals surface area contributed by atoms with E-state index in [1.807, 2.05) is 53.4 Å². The molecule has 1 amide bonds. The number of nitrogens with zero attached hydrogens (tertiary/aromatic N) is 6. The topological polar surface area (TPSA) is 94.7 Å². The molecule has 1 aromatic heterocycles. The first kappa shape index (κ1) is 30.6. The second kappa shape index (κ2) is 14.2. The van der Waals surface area contributed by atoms with Crippen LogP contribution in [0.2, 0.25) is 0 Å². The van der Waals surface area contributed by atoms with Crippen molar-refractivity contribution >= 4 is 11.7 Å². The molecule has 1 fully saturated rings. The summed E-state index contributed by atoms with van der Waals surface area (Å²) < 4.78 is 13.9. The van der Waals surface area contributed by atoms with Gasteiger partial charge in [-0.2, -0.15) is 4.68 Å². The average Bonchev–Trinajstić information content (AvgIpc) is 3.81. The Balaban J connectivity index is 1.11. The highest BCUT2D eigenvalue weighted by atomic mass is 16.5. The number of aromatic nitrogens is 4. The minimum atomic E-state index is -0.502.